The van der Waals surface area contributed by atoms with E-state index < -0.39 is 15.9 Å². The van der Waals surface area contributed by atoms with Crippen LogP contribution in [-0.4, -0.2) is 39.2 Å². The number of ether oxygens (including phenoxy) is 2. The number of sulfonamides is 1. The standard InChI is InChI=1S/C26H23N3O5S2/c1-3-13-29-21-16-22-23(34-15-14-33-22)17-24(21)35-26(29)27-25(30)18-9-11-20(12-10-18)36(31,32)28(2)19-7-5-4-6-8-19/h3-12,16-17H,1,13-15H2,2H3. The second-order valence-electron chi connectivity index (χ2n) is 8.00. The van der Waals surface area contributed by atoms with Crippen LogP contribution in [0.25, 0.3) is 10.2 Å². The molecular weight excluding hydrogens is 498 g/mol. The highest BCUT2D eigenvalue weighted by molar-refractivity contribution is 7.92. The van der Waals surface area contributed by atoms with Crippen molar-refractivity contribution in [1.82, 2.24) is 4.57 Å². The number of hydrogen-bond acceptors (Lipinski definition) is 6. The first-order chi connectivity index (χ1) is 17.4. The number of anilines is 1. The Morgan fingerprint density at radius 1 is 1.08 bits per heavy atom. The van der Waals surface area contributed by atoms with E-state index in [0.29, 0.717) is 41.7 Å². The van der Waals surface area contributed by atoms with Crippen molar-refractivity contribution >= 4 is 43.2 Å². The molecule has 1 aliphatic heterocycles. The molecule has 0 fully saturated rings. The van der Waals surface area contributed by atoms with Crippen LogP contribution in [0.3, 0.4) is 0 Å². The number of rotatable bonds is 6. The highest BCUT2D eigenvalue weighted by atomic mass is 32.2. The summed E-state index contributed by atoms with van der Waals surface area (Å²) in [6.45, 7) is 5.23. The molecule has 10 heteroatoms. The summed E-state index contributed by atoms with van der Waals surface area (Å²) in [5.74, 6) is 0.840. The van der Waals surface area contributed by atoms with Crippen LogP contribution in [0.5, 0.6) is 11.5 Å². The molecule has 184 valence electrons. The zero-order valence-electron chi connectivity index (χ0n) is 19.5. The number of carbonyl (C=O) groups excluding carboxylic acids is 1. The van der Waals surface area contributed by atoms with Gasteiger partial charge < -0.3 is 14.0 Å². The van der Waals surface area contributed by atoms with Crippen LogP contribution >= 0.6 is 11.3 Å². The van der Waals surface area contributed by atoms with Gasteiger partial charge in [0.15, 0.2) is 16.3 Å². The largest absolute Gasteiger partial charge is 0.486 e. The van der Waals surface area contributed by atoms with E-state index in [-0.39, 0.29) is 10.5 Å². The molecule has 0 unspecified atom stereocenters. The number of nitrogens with zero attached hydrogens (tertiary/aromatic N) is 3. The molecule has 36 heavy (non-hydrogen) atoms. The van der Waals surface area contributed by atoms with Crippen molar-refractivity contribution in [3.8, 4) is 11.5 Å². The van der Waals surface area contributed by atoms with Gasteiger partial charge in [0.25, 0.3) is 15.9 Å². The first-order valence-corrected chi connectivity index (χ1v) is 13.4. The number of allylic oxidation sites excluding steroid dienone is 1. The van der Waals surface area contributed by atoms with Crippen LogP contribution < -0.4 is 18.6 Å². The van der Waals surface area contributed by atoms with E-state index in [2.05, 4.69) is 11.6 Å². The monoisotopic (exact) mass is 521 g/mol. The summed E-state index contributed by atoms with van der Waals surface area (Å²) in [5, 5.41) is 0. The van der Waals surface area contributed by atoms with Crippen LogP contribution in [0.1, 0.15) is 10.4 Å². The maximum atomic E-state index is 13.0. The van der Waals surface area contributed by atoms with Gasteiger partial charge in [-0.3, -0.25) is 9.10 Å². The molecule has 1 aromatic heterocycles. The molecule has 2 heterocycles. The maximum Gasteiger partial charge on any atom is 0.279 e. The van der Waals surface area contributed by atoms with Gasteiger partial charge >= 0.3 is 0 Å². The Kier molecular flexibility index (Phi) is 6.38. The molecule has 3 aromatic carbocycles. The summed E-state index contributed by atoms with van der Waals surface area (Å²) >= 11 is 1.36. The molecule has 0 saturated carbocycles. The average Bonchev–Trinajstić information content (AvgIpc) is 3.23. The normalized spacial score (nSPS) is 13.5. The molecule has 0 atom stereocenters. The Morgan fingerprint density at radius 3 is 2.42 bits per heavy atom. The summed E-state index contributed by atoms with van der Waals surface area (Å²) in [5.41, 5.74) is 1.69. The fraction of sp³-hybridized carbons (Fsp3) is 0.154. The smallest absolute Gasteiger partial charge is 0.279 e. The molecule has 0 spiro atoms. The molecule has 0 saturated heterocycles. The van der Waals surface area contributed by atoms with Crippen LogP contribution in [-0.2, 0) is 16.6 Å². The van der Waals surface area contributed by atoms with Gasteiger partial charge in [0.1, 0.15) is 13.2 Å². The van der Waals surface area contributed by atoms with E-state index >= 15 is 0 Å². The SMILES string of the molecule is C=CCn1c(=NC(=O)c2ccc(S(=O)(=O)N(C)c3ccccc3)cc2)sc2cc3c(cc21)OCCO3. The van der Waals surface area contributed by atoms with Crippen molar-refractivity contribution in [2.45, 2.75) is 11.4 Å². The number of para-hydroxylation sites is 1. The van der Waals surface area contributed by atoms with Gasteiger partial charge in [-0.2, -0.15) is 4.99 Å². The van der Waals surface area contributed by atoms with Gasteiger partial charge in [-0.25, -0.2) is 8.42 Å². The van der Waals surface area contributed by atoms with Gasteiger partial charge in [0.05, 0.1) is 20.8 Å². The second-order valence-corrected chi connectivity index (χ2v) is 11.0. The molecular formula is C26H23N3O5S2. The van der Waals surface area contributed by atoms with Crippen LogP contribution in [0, 0.1) is 0 Å². The van der Waals surface area contributed by atoms with Crippen molar-refractivity contribution in [1.29, 1.82) is 0 Å². The average molecular weight is 522 g/mol. The van der Waals surface area contributed by atoms with E-state index in [1.54, 1.807) is 30.3 Å². The predicted molar refractivity (Wildman–Crippen MR) is 139 cm³/mol. The lowest BCUT2D eigenvalue weighted by atomic mass is 10.2. The van der Waals surface area contributed by atoms with Crippen molar-refractivity contribution in [3.63, 3.8) is 0 Å². The van der Waals surface area contributed by atoms with Gasteiger partial charge in [0, 0.05) is 31.3 Å². The number of benzene rings is 3. The van der Waals surface area contributed by atoms with E-state index in [1.807, 2.05) is 22.8 Å². The minimum atomic E-state index is -3.78. The van der Waals surface area contributed by atoms with E-state index in [9.17, 15) is 13.2 Å². The van der Waals surface area contributed by atoms with Crippen LogP contribution in [0.15, 0.2) is 89.3 Å². The Bertz CT molecular complexity index is 1620. The summed E-state index contributed by atoms with van der Waals surface area (Å²) in [6.07, 6.45) is 1.73. The summed E-state index contributed by atoms with van der Waals surface area (Å²) < 4.78 is 41.4. The van der Waals surface area contributed by atoms with Gasteiger partial charge in [-0.1, -0.05) is 35.6 Å². The Morgan fingerprint density at radius 2 is 1.75 bits per heavy atom. The molecule has 0 radical (unpaired) electrons. The number of carbonyl (C=O) groups is 1. The number of aromatic nitrogens is 1. The summed E-state index contributed by atoms with van der Waals surface area (Å²) in [7, 11) is -2.29. The molecule has 5 rings (SSSR count). The molecule has 8 nitrogen and oxygen atoms in total. The van der Waals surface area contributed by atoms with Crippen LogP contribution in [0.4, 0.5) is 5.69 Å². The minimum Gasteiger partial charge on any atom is -0.486 e. The molecule has 0 aliphatic carbocycles. The fourth-order valence-corrected chi connectivity index (χ4v) is 6.10. The van der Waals surface area contributed by atoms with E-state index in [1.165, 1.54) is 47.0 Å². The maximum absolute atomic E-state index is 13.0. The summed E-state index contributed by atoms with van der Waals surface area (Å²) in [6, 6.07) is 18.4. The predicted octanol–water partition coefficient (Wildman–Crippen LogP) is 4.23. The lowest BCUT2D eigenvalue weighted by Gasteiger charge is -2.19. The van der Waals surface area contributed by atoms with Crippen molar-refractivity contribution in [3.05, 3.63) is 89.7 Å². The van der Waals surface area contributed by atoms with Gasteiger partial charge in [0.2, 0.25) is 0 Å². The molecule has 1 amide bonds. The fourth-order valence-electron chi connectivity index (χ4n) is 3.85. The van der Waals surface area contributed by atoms with Crippen LogP contribution in [0.2, 0.25) is 0 Å². The zero-order valence-corrected chi connectivity index (χ0v) is 21.1. The Labute approximate surface area is 212 Å². The van der Waals surface area contributed by atoms with E-state index in [0.717, 1.165) is 10.2 Å². The summed E-state index contributed by atoms with van der Waals surface area (Å²) in [4.78, 5) is 17.9. The minimum absolute atomic E-state index is 0.0829. The topological polar surface area (TPSA) is 90.2 Å². The second kappa shape index (κ2) is 9.63. The van der Waals surface area contributed by atoms with Crippen molar-refractivity contribution in [2.24, 2.45) is 4.99 Å². The Hall–Kier alpha value is -3.89. The highest BCUT2D eigenvalue weighted by Gasteiger charge is 2.22. The highest BCUT2D eigenvalue weighted by Crippen LogP contribution is 2.35. The van der Waals surface area contributed by atoms with Gasteiger partial charge in [-0.05, 0) is 36.4 Å². The third-order valence-electron chi connectivity index (χ3n) is 5.74. The quantitative estimate of drug-likeness (QED) is 0.354. The van der Waals surface area contributed by atoms with Crippen molar-refractivity contribution < 1.29 is 22.7 Å². The van der Waals surface area contributed by atoms with Gasteiger partial charge in [-0.15, -0.1) is 6.58 Å². The Balaban J connectivity index is 1.47. The lowest BCUT2D eigenvalue weighted by molar-refractivity contribution is 0.0998. The zero-order chi connectivity index (χ0) is 25.3. The third-order valence-corrected chi connectivity index (χ3v) is 8.58. The first-order valence-electron chi connectivity index (χ1n) is 11.2. The molecule has 1 aliphatic rings. The van der Waals surface area contributed by atoms with E-state index in [4.69, 9.17) is 9.47 Å². The molecule has 0 bridgehead atoms. The van der Waals surface area contributed by atoms with Crippen molar-refractivity contribution in [2.75, 3.05) is 24.6 Å². The number of thiazole rings is 1. The first kappa shape index (κ1) is 23.8. The third kappa shape index (κ3) is 4.40. The number of amides is 1. The number of hydrogen-bond donors (Lipinski definition) is 0. The molecule has 0 N–H and O–H groups in total. The number of fused-ring (bicyclic) bond motifs is 2. The lowest BCUT2D eigenvalue weighted by Crippen LogP contribution is -2.26. The molecule has 4 aromatic rings.